The van der Waals surface area contributed by atoms with E-state index in [1.54, 1.807) is 4.90 Å². The van der Waals surface area contributed by atoms with Gasteiger partial charge in [-0.25, -0.2) is 0 Å². The van der Waals surface area contributed by atoms with E-state index in [4.69, 9.17) is 5.73 Å². The van der Waals surface area contributed by atoms with Crippen molar-refractivity contribution in [3.8, 4) is 0 Å². The summed E-state index contributed by atoms with van der Waals surface area (Å²) in [7, 11) is 0. The molecule has 0 heterocycles. The second kappa shape index (κ2) is 8.15. The molecule has 5 heteroatoms. The van der Waals surface area contributed by atoms with Crippen molar-refractivity contribution in [3.05, 3.63) is 0 Å². The van der Waals surface area contributed by atoms with Crippen LogP contribution in [0.1, 0.15) is 47.5 Å². The molecule has 3 N–H and O–H groups in total. The van der Waals surface area contributed by atoms with Crippen LogP contribution in [-0.4, -0.2) is 42.4 Å². The third-order valence-electron chi connectivity index (χ3n) is 2.88. The van der Waals surface area contributed by atoms with E-state index in [-0.39, 0.29) is 36.2 Å². The van der Waals surface area contributed by atoms with Crippen LogP contribution in [0.2, 0.25) is 0 Å². The van der Waals surface area contributed by atoms with Crippen molar-refractivity contribution in [3.63, 3.8) is 0 Å². The Labute approximate surface area is 116 Å². The molecule has 0 aliphatic heterocycles. The fraction of sp³-hybridized carbons (Fsp3) is 0.857. The third-order valence-corrected chi connectivity index (χ3v) is 2.88. The number of nitrogens with one attached hydrogen (secondary N) is 1. The number of amides is 2. The van der Waals surface area contributed by atoms with Gasteiger partial charge in [0.15, 0.2) is 0 Å². The van der Waals surface area contributed by atoms with Crippen LogP contribution < -0.4 is 11.1 Å². The average molecular weight is 271 g/mol. The van der Waals surface area contributed by atoms with Crippen molar-refractivity contribution in [1.82, 2.24) is 10.2 Å². The molecule has 0 aliphatic rings. The summed E-state index contributed by atoms with van der Waals surface area (Å²) in [6, 6.07) is -0.163. The Morgan fingerprint density at radius 3 is 2.16 bits per heavy atom. The minimum Gasteiger partial charge on any atom is -0.347 e. The first-order valence-corrected chi connectivity index (χ1v) is 6.99. The van der Waals surface area contributed by atoms with E-state index in [1.165, 1.54) is 0 Å². The van der Waals surface area contributed by atoms with Crippen molar-refractivity contribution >= 4 is 11.8 Å². The second-order valence-corrected chi connectivity index (χ2v) is 6.07. The lowest BCUT2D eigenvalue weighted by atomic mass is 9.87. The van der Waals surface area contributed by atoms with E-state index in [9.17, 15) is 9.59 Å². The minimum absolute atomic E-state index is 0.0530. The van der Waals surface area contributed by atoms with Crippen molar-refractivity contribution < 1.29 is 9.59 Å². The molecule has 0 spiro atoms. The largest absolute Gasteiger partial charge is 0.347 e. The maximum Gasteiger partial charge on any atom is 0.241 e. The first-order chi connectivity index (χ1) is 8.69. The molecule has 0 aromatic rings. The van der Waals surface area contributed by atoms with E-state index < -0.39 is 0 Å². The lowest BCUT2D eigenvalue weighted by molar-refractivity contribution is -0.132. The molecule has 0 rings (SSSR count). The number of rotatable bonds is 7. The highest BCUT2D eigenvalue weighted by molar-refractivity contribution is 5.84. The molecule has 0 radical (unpaired) electrons. The van der Waals surface area contributed by atoms with Gasteiger partial charge in [0, 0.05) is 25.6 Å². The van der Waals surface area contributed by atoms with Gasteiger partial charge in [-0.05, 0) is 25.7 Å². The Morgan fingerprint density at radius 1 is 1.21 bits per heavy atom. The standard InChI is InChI=1S/C14H29N3O2/c1-6-17(7-2)13(19)10-16-12(18)8-11(15)9-14(3,4)5/h11H,6-10,15H2,1-5H3,(H,16,18). The van der Waals surface area contributed by atoms with Gasteiger partial charge in [-0.15, -0.1) is 0 Å². The van der Waals surface area contributed by atoms with Gasteiger partial charge >= 0.3 is 0 Å². The van der Waals surface area contributed by atoms with Crippen LogP contribution in [0, 0.1) is 5.41 Å². The maximum absolute atomic E-state index is 11.7. The molecule has 0 saturated carbocycles. The van der Waals surface area contributed by atoms with Crippen LogP contribution in [0.5, 0.6) is 0 Å². The molecule has 0 fully saturated rings. The quantitative estimate of drug-likeness (QED) is 0.728. The summed E-state index contributed by atoms with van der Waals surface area (Å²) in [5.74, 6) is -0.208. The van der Waals surface area contributed by atoms with Crippen LogP contribution in [0.15, 0.2) is 0 Å². The van der Waals surface area contributed by atoms with Crippen LogP contribution >= 0.6 is 0 Å². The smallest absolute Gasteiger partial charge is 0.241 e. The fourth-order valence-electron chi connectivity index (χ4n) is 2.03. The van der Waals surface area contributed by atoms with Crippen molar-refractivity contribution in [1.29, 1.82) is 0 Å². The summed E-state index contributed by atoms with van der Waals surface area (Å²) in [6.07, 6.45) is 1.05. The summed E-state index contributed by atoms with van der Waals surface area (Å²) in [6.45, 7) is 11.5. The summed E-state index contributed by atoms with van der Waals surface area (Å²) >= 11 is 0. The number of hydrogen-bond acceptors (Lipinski definition) is 3. The number of nitrogens with two attached hydrogens (primary N) is 1. The highest BCUT2D eigenvalue weighted by atomic mass is 16.2. The molecule has 2 amide bonds. The third kappa shape index (κ3) is 8.59. The van der Waals surface area contributed by atoms with Crippen molar-refractivity contribution in [2.24, 2.45) is 11.1 Å². The zero-order valence-corrected chi connectivity index (χ0v) is 13.0. The van der Waals surface area contributed by atoms with Gasteiger partial charge in [0.1, 0.15) is 0 Å². The molecular formula is C14H29N3O2. The molecule has 1 atom stereocenters. The number of carbonyl (C=O) groups is 2. The molecule has 0 aromatic heterocycles. The number of nitrogens with zero attached hydrogens (tertiary/aromatic N) is 1. The SMILES string of the molecule is CCN(CC)C(=O)CNC(=O)CC(N)CC(C)(C)C. The van der Waals surface area contributed by atoms with Gasteiger partial charge in [-0.2, -0.15) is 0 Å². The molecule has 0 bridgehead atoms. The first-order valence-electron chi connectivity index (χ1n) is 6.99. The van der Waals surface area contributed by atoms with Gasteiger partial charge in [-0.3, -0.25) is 9.59 Å². The second-order valence-electron chi connectivity index (χ2n) is 6.07. The topological polar surface area (TPSA) is 75.4 Å². The average Bonchev–Trinajstić information content (AvgIpc) is 2.25. The normalized spacial score (nSPS) is 12.9. The highest BCUT2D eigenvalue weighted by Crippen LogP contribution is 2.20. The monoisotopic (exact) mass is 271 g/mol. The molecule has 19 heavy (non-hydrogen) atoms. The fourth-order valence-corrected chi connectivity index (χ4v) is 2.03. The lowest BCUT2D eigenvalue weighted by Crippen LogP contribution is -2.41. The number of carbonyl (C=O) groups excluding carboxylic acids is 2. The van der Waals surface area contributed by atoms with Crippen LogP contribution in [0.3, 0.4) is 0 Å². The number of hydrogen-bond donors (Lipinski definition) is 2. The molecule has 0 aromatic carbocycles. The zero-order valence-electron chi connectivity index (χ0n) is 13.0. The van der Waals surface area contributed by atoms with Gasteiger partial charge in [0.2, 0.25) is 11.8 Å². The van der Waals surface area contributed by atoms with Gasteiger partial charge in [-0.1, -0.05) is 20.8 Å². The van der Waals surface area contributed by atoms with E-state index >= 15 is 0 Å². The molecule has 0 saturated heterocycles. The van der Waals surface area contributed by atoms with Crippen molar-refractivity contribution in [2.75, 3.05) is 19.6 Å². The lowest BCUT2D eigenvalue weighted by Gasteiger charge is -2.23. The maximum atomic E-state index is 11.7. The van der Waals surface area contributed by atoms with Gasteiger partial charge in [0.25, 0.3) is 0 Å². The Morgan fingerprint density at radius 2 is 1.74 bits per heavy atom. The van der Waals surface area contributed by atoms with E-state index in [0.29, 0.717) is 13.1 Å². The predicted molar refractivity (Wildman–Crippen MR) is 77.6 cm³/mol. The highest BCUT2D eigenvalue weighted by Gasteiger charge is 2.18. The summed E-state index contributed by atoms with van der Waals surface area (Å²) < 4.78 is 0. The summed E-state index contributed by atoms with van der Waals surface area (Å²) in [4.78, 5) is 25.1. The summed E-state index contributed by atoms with van der Waals surface area (Å²) in [5, 5.41) is 2.64. The van der Waals surface area contributed by atoms with Crippen LogP contribution in [-0.2, 0) is 9.59 Å². The zero-order chi connectivity index (χ0) is 15.1. The molecule has 0 aliphatic carbocycles. The molecule has 112 valence electrons. The minimum atomic E-state index is -0.163. The Balaban J connectivity index is 4.02. The van der Waals surface area contributed by atoms with Crippen molar-refractivity contribution in [2.45, 2.75) is 53.5 Å². The van der Waals surface area contributed by atoms with Crippen LogP contribution in [0.4, 0.5) is 0 Å². The number of likely N-dealkylation sites (N-methyl/N-ethyl adjacent to an activating group) is 1. The molecule has 1 unspecified atom stereocenters. The van der Waals surface area contributed by atoms with Crippen LogP contribution in [0.25, 0.3) is 0 Å². The van der Waals surface area contributed by atoms with E-state index in [2.05, 4.69) is 26.1 Å². The first kappa shape index (κ1) is 17.9. The Kier molecular flexibility index (Phi) is 7.68. The van der Waals surface area contributed by atoms with E-state index in [1.807, 2.05) is 13.8 Å². The Bertz CT molecular complexity index is 294. The molecule has 5 nitrogen and oxygen atoms in total. The van der Waals surface area contributed by atoms with Gasteiger partial charge < -0.3 is 16.0 Å². The Hall–Kier alpha value is -1.10. The van der Waals surface area contributed by atoms with Gasteiger partial charge in [0.05, 0.1) is 6.54 Å². The molecular weight excluding hydrogens is 242 g/mol. The van der Waals surface area contributed by atoms with E-state index in [0.717, 1.165) is 6.42 Å². The summed E-state index contributed by atoms with van der Waals surface area (Å²) in [5.41, 5.74) is 6.03. The predicted octanol–water partition coefficient (Wildman–Crippen LogP) is 1.12.